The first-order chi connectivity index (χ1) is 14.1. The van der Waals surface area contributed by atoms with Crippen LogP contribution in [-0.4, -0.2) is 44.9 Å². The molecule has 1 aliphatic heterocycles. The van der Waals surface area contributed by atoms with Crippen molar-refractivity contribution in [1.82, 2.24) is 10.2 Å². The quantitative estimate of drug-likeness (QED) is 0.361. The second-order valence-electron chi connectivity index (χ2n) is 6.37. The number of ether oxygens (including phenoxy) is 3. The lowest BCUT2D eigenvalue weighted by atomic mass is 10.2. The lowest BCUT2D eigenvalue weighted by Crippen LogP contribution is -2.33. The summed E-state index contributed by atoms with van der Waals surface area (Å²) < 4.78 is 16.6. The minimum absolute atomic E-state index is 0.372. The highest BCUT2D eigenvalue weighted by atomic mass is 35.5. The van der Waals surface area contributed by atoms with Gasteiger partial charge in [0.1, 0.15) is 25.7 Å². The molecule has 1 aliphatic rings. The maximum absolute atomic E-state index is 5.93. The Morgan fingerprint density at radius 2 is 1.97 bits per heavy atom. The molecule has 1 N–H and O–H groups in total. The average molecular weight is 436 g/mol. The highest BCUT2D eigenvalue weighted by Gasteiger charge is 2.16. The van der Waals surface area contributed by atoms with Crippen LogP contribution in [0.5, 0.6) is 5.75 Å². The molecule has 0 bridgehead atoms. The topological polar surface area (TPSA) is 55.3 Å². The first-order valence-corrected chi connectivity index (χ1v) is 9.90. The molecule has 0 atom stereocenters. The van der Waals surface area contributed by atoms with E-state index in [-0.39, 0.29) is 0 Å². The van der Waals surface area contributed by atoms with Crippen molar-refractivity contribution in [2.45, 2.75) is 6.54 Å². The van der Waals surface area contributed by atoms with E-state index in [1.54, 1.807) is 12.1 Å². The van der Waals surface area contributed by atoms with Crippen LogP contribution in [0.3, 0.4) is 0 Å². The van der Waals surface area contributed by atoms with Crippen molar-refractivity contribution in [3.63, 3.8) is 0 Å². The Labute approximate surface area is 180 Å². The summed E-state index contributed by atoms with van der Waals surface area (Å²) in [5.41, 5.74) is 2.01. The molecular weight excluding hydrogens is 413 g/mol. The summed E-state index contributed by atoms with van der Waals surface area (Å²) in [6.07, 6.45) is 1.43. The number of halogens is 2. The van der Waals surface area contributed by atoms with Gasteiger partial charge in [-0.25, -0.2) is 4.99 Å². The molecule has 2 aromatic rings. The molecule has 0 saturated carbocycles. The largest absolute Gasteiger partial charge is 0.490 e. The van der Waals surface area contributed by atoms with Crippen molar-refractivity contribution in [1.29, 1.82) is 0 Å². The number of hydrogen-bond donors (Lipinski definition) is 1. The maximum Gasteiger partial charge on any atom is 0.176 e. The van der Waals surface area contributed by atoms with E-state index >= 15 is 0 Å². The Kier molecular flexibility index (Phi) is 8.04. The monoisotopic (exact) mass is 435 g/mol. The van der Waals surface area contributed by atoms with Gasteiger partial charge in [-0.3, -0.25) is 0 Å². The van der Waals surface area contributed by atoms with Gasteiger partial charge >= 0.3 is 0 Å². The van der Waals surface area contributed by atoms with E-state index in [1.807, 2.05) is 48.3 Å². The Hall–Kier alpha value is -2.41. The van der Waals surface area contributed by atoms with E-state index in [0.29, 0.717) is 43.9 Å². The van der Waals surface area contributed by atoms with E-state index < -0.39 is 0 Å². The van der Waals surface area contributed by atoms with Crippen molar-refractivity contribution in [3.8, 4) is 5.75 Å². The zero-order valence-corrected chi connectivity index (χ0v) is 17.6. The molecule has 1 heterocycles. The van der Waals surface area contributed by atoms with Gasteiger partial charge < -0.3 is 24.4 Å². The van der Waals surface area contributed by atoms with E-state index in [0.717, 1.165) is 22.1 Å². The molecule has 0 aromatic heterocycles. The molecule has 0 amide bonds. The molecule has 0 aliphatic carbocycles. The molecule has 2 aromatic carbocycles. The standard InChI is InChI=1S/C21H23Cl2N3O3/c1-26-15-28-13-20(24-12-16-5-7-17(22)8-6-16)21(26)25-14-27-9-10-29-19-4-2-3-18(23)11-19/h2-8,11,14,24H,9-10,12-13,15H2,1H3. The third-order valence-electron chi connectivity index (χ3n) is 4.10. The first kappa shape index (κ1) is 21.3. The second kappa shape index (κ2) is 11.0. The van der Waals surface area contributed by atoms with Gasteiger partial charge in [0.2, 0.25) is 0 Å². The first-order valence-electron chi connectivity index (χ1n) is 9.14. The Morgan fingerprint density at radius 3 is 2.76 bits per heavy atom. The van der Waals surface area contributed by atoms with Crippen LogP contribution in [0, 0.1) is 0 Å². The summed E-state index contributed by atoms with van der Waals surface area (Å²) in [7, 11) is 1.91. The van der Waals surface area contributed by atoms with Gasteiger partial charge in [0.25, 0.3) is 0 Å². The van der Waals surface area contributed by atoms with Crippen molar-refractivity contribution in [3.05, 3.63) is 75.7 Å². The predicted octanol–water partition coefficient (Wildman–Crippen LogP) is 4.30. The Balaban J connectivity index is 1.50. The molecule has 8 heteroatoms. The SMILES string of the molecule is CN1COCC(NCc2ccc(Cl)cc2)=C1N=COCCOc1cccc(Cl)c1. The van der Waals surface area contributed by atoms with E-state index in [2.05, 4.69) is 10.3 Å². The van der Waals surface area contributed by atoms with Crippen LogP contribution in [0.4, 0.5) is 0 Å². The summed E-state index contributed by atoms with van der Waals surface area (Å²) >= 11 is 11.9. The number of rotatable bonds is 9. The summed E-state index contributed by atoms with van der Waals surface area (Å²) in [4.78, 5) is 6.36. The zero-order valence-electron chi connectivity index (χ0n) is 16.1. The van der Waals surface area contributed by atoms with E-state index in [4.69, 9.17) is 37.4 Å². The molecule has 29 heavy (non-hydrogen) atoms. The van der Waals surface area contributed by atoms with Gasteiger partial charge in [0.05, 0.1) is 12.3 Å². The van der Waals surface area contributed by atoms with Crippen LogP contribution >= 0.6 is 23.2 Å². The maximum atomic E-state index is 5.93. The van der Waals surface area contributed by atoms with Gasteiger partial charge in [-0.2, -0.15) is 0 Å². The van der Waals surface area contributed by atoms with Crippen LogP contribution < -0.4 is 10.1 Å². The van der Waals surface area contributed by atoms with Gasteiger partial charge in [-0.15, -0.1) is 0 Å². The molecule has 154 valence electrons. The lowest BCUT2D eigenvalue weighted by molar-refractivity contribution is 0.0493. The number of nitrogens with zero attached hydrogens (tertiary/aromatic N) is 2. The van der Waals surface area contributed by atoms with Crippen molar-refractivity contribution in [2.24, 2.45) is 4.99 Å². The lowest BCUT2D eigenvalue weighted by Gasteiger charge is -2.28. The van der Waals surface area contributed by atoms with Crippen LogP contribution in [-0.2, 0) is 16.0 Å². The Morgan fingerprint density at radius 1 is 1.14 bits per heavy atom. The summed E-state index contributed by atoms with van der Waals surface area (Å²) in [5, 5.41) is 4.74. The van der Waals surface area contributed by atoms with Gasteiger partial charge in [-0.1, -0.05) is 41.4 Å². The third-order valence-corrected chi connectivity index (χ3v) is 4.58. The zero-order chi connectivity index (χ0) is 20.5. The molecule has 0 unspecified atom stereocenters. The van der Waals surface area contributed by atoms with Gasteiger partial charge in [-0.05, 0) is 35.9 Å². The highest BCUT2D eigenvalue weighted by Crippen LogP contribution is 2.17. The fourth-order valence-electron chi connectivity index (χ4n) is 2.66. The molecular formula is C21H23Cl2N3O3. The van der Waals surface area contributed by atoms with Crippen LogP contribution in [0.2, 0.25) is 10.0 Å². The summed E-state index contributed by atoms with van der Waals surface area (Å²) in [5.74, 6) is 1.49. The minimum atomic E-state index is 0.372. The normalized spacial score (nSPS) is 14.4. The molecule has 0 radical (unpaired) electrons. The number of benzene rings is 2. The van der Waals surface area contributed by atoms with Crippen molar-refractivity contribution < 1.29 is 14.2 Å². The smallest absolute Gasteiger partial charge is 0.176 e. The van der Waals surface area contributed by atoms with Gasteiger partial charge in [0.15, 0.2) is 12.2 Å². The third kappa shape index (κ3) is 6.85. The number of nitrogens with one attached hydrogen (secondary N) is 1. The molecule has 6 nitrogen and oxygen atoms in total. The van der Waals surface area contributed by atoms with Crippen molar-refractivity contribution in [2.75, 3.05) is 33.6 Å². The Bertz CT molecular complexity index is 857. The van der Waals surface area contributed by atoms with Crippen LogP contribution in [0.15, 0.2) is 65.0 Å². The second-order valence-corrected chi connectivity index (χ2v) is 7.24. The number of hydrogen-bond acceptors (Lipinski definition) is 6. The fourth-order valence-corrected chi connectivity index (χ4v) is 2.97. The summed E-state index contributed by atoms with van der Waals surface area (Å²) in [6, 6.07) is 14.9. The average Bonchev–Trinajstić information content (AvgIpc) is 2.71. The summed E-state index contributed by atoms with van der Waals surface area (Å²) in [6.45, 7) is 2.35. The number of aliphatic imine (C=N–C) groups is 1. The van der Waals surface area contributed by atoms with E-state index in [9.17, 15) is 0 Å². The molecule has 0 saturated heterocycles. The molecule has 3 rings (SSSR count). The van der Waals surface area contributed by atoms with E-state index in [1.165, 1.54) is 6.40 Å². The van der Waals surface area contributed by atoms with Crippen molar-refractivity contribution >= 4 is 29.6 Å². The highest BCUT2D eigenvalue weighted by molar-refractivity contribution is 6.30. The van der Waals surface area contributed by atoms with Gasteiger partial charge in [0, 0.05) is 23.6 Å². The minimum Gasteiger partial charge on any atom is -0.490 e. The van der Waals surface area contributed by atoms with Crippen LogP contribution in [0.25, 0.3) is 0 Å². The fraction of sp³-hybridized carbons (Fsp3) is 0.286. The molecule has 0 spiro atoms. The molecule has 0 fully saturated rings. The van der Waals surface area contributed by atoms with Crippen LogP contribution in [0.1, 0.15) is 5.56 Å². The predicted molar refractivity (Wildman–Crippen MR) is 115 cm³/mol.